The molecule has 0 aliphatic carbocycles. The lowest BCUT2D eigenvalue weighted by molar-refractivity contribution is -0.139. The number of nitriles is 1. The quantitative estimate of drug-likeness (QED) is 0.808. The molecule has 0 radical (unpaired) electrons. The Morgan fingerprint density at radius 2 is 2.35 bits per heavy atom. The number of methoxy groups -OCH3 is 1. The molecule has 5 nitrogen and oxygen atoms in total. The first-order valence-electron chi connectivity index (χ1n) is 4.47. The van der Waals surface area contributed by atoms with Gasteiger partial charge in [0.05, 0.1) is 24.8 Å². The second-order valence-corrected chi connectivity index (χ2v) is 3.06. The summed E-state index contributed by atoms with van der Waals surface area (Å²) in [5, 5.41) is 18.1. The number of rotatable bonds is 3. The van der Waals surface area contributed by atoms with E-state index < -0.39 is 30.1 Å². The molecule has 0 aromatic carbocycles. The molecular weight excluding hydrogens is 234 g/mol. The number of carbonyl (C=O) groups is 1. The second-order valence-electron chi connectivity index (χ2n) is 3.06. The Kier molecular flexibility index (Phi) is 3.93. The normalized spacial score (nSPS) is 10.1. The van der Waals surface area contributed by atoms with Gasteiger partial charge >= 0.3 is 5.97 Å². The third kappa shape index (κ3) is 2.87. The van der Waals surface area contributed by atoms with Crippen LogP contribution in [0.3, 0.4) is 0 Å². The lowest BCUT2D eigenvalue weighted by atomic mass is 10.1. The van der Waals surface area contributed by atoms with Crippen molar-refractivity contribution >= 4 is 5.97 Å². The number of aromatic nitrogens is 1. The minimum absolute atomic E-state index is 0.294. The van der Waals surface area contributed by atoms with E-state index in [-0.39, 0.29) is 11.4 Å². The highest BCUT2D eigenvalue weighted by atomic mass is 19.3. The molecule has 1 heterocycles. The lowest BCUT2D eigenvalue weighted by Gasteiger charge is -2.08. The van der Waals surface area contributed by atoms with Gasteiger partial charge in [0.1, 0.15) is 17.5 Å². The number of aromatic hydroxyl groups is 1. The van der Waals surface area contributed by atoms with Crippen LogP contribution in [0.25, 0.3) is 0 Å². The van der Waals surface area contributed by atoms with Crippen molar-refractivity contribution in [3.05, 3.63) is 23.0 Å². The predicted molar refractivity (Wildman–Crippen MR) is 51.3 cm³/mol. The van der Waals surface area contributed by atoms with Crippen LogP contribution in [0.4, 0.5) is 8.78 Å². The number of esters is 1. The van der Waals surface area contributed by atoms with Crippen molar-refractivity contribution in [1.82, 2.24) is 4.98 Å². The maximum absolute atomic E-state index is 12.5. The number of ether oxygens (including phenoxy) is 1. The molecule has 17 heavy (non-hydrogen) atoms. The first-order valence-corrected chi connectivity index (χ1v) is 4.47. The molecular formula is C10H8F2N2O3. The topological polar surface area (TPSA) is 83.2 Å². The number of alkyl halides is 2. The number of pyridine rings is 1. The van der Waals surface area contributed by atoms with Crippen molar-refractivity contribution in [1.29, 1.82) is 5.26 Å². The van der Waals surface area contributed by atoms with E-state index >= 15 is 0 Å². The van der Waals surface area contributed by atoms with Gasteiger partial charge in [-0.25, -0.2) is 13.8 Å². The van der Waals surface area contributed by atoms with E-state index in [9.17, 15) is 18.7 Å². The van der Waals surface area contributed by atoms with E-state index in [1.54, 1.807) is 6.07 Å². The zero-order valence-corrected chi connectivity index (χ0v) is 8.78. The molecule has 0 aliphatic rings. The Morgan fingerprint density at radius 1 is 1.71 bits per heavy atom. The van der Waals surface area contributed by atoms with Gasteiger partial charge in [0.2, 0.25) is 0 Å². The zero-order valence-electron chi connectivity index (χ0n) is 8.78. The Labute approximate surface area is 95.3 Å². The number of hydrogen-bond acceptors (Lipinski definition) is 5. The van der Waals surface area contributed by atoms with Crippen molar-refractivity contribution in [2.45, 2.75) is 12.8 Å². The first kappa shape index (κ1) is 12.8. The summed E-state index contributed by atoms with van der Waals surface area (Å²) in [6.07, 6.45) is -3.43. The van der Waals surface area contributed by atoms with Gasteiger partial charge in [-0.2, -0.15) is 5.26 Å². The van der Waals surface area contributed by atoms with Crippen molar-refractivity contribution in [2.24, 2.45) is 0 Å². The Morgan fingerprint density at radius 3 is 2.82 bits per heavy atom. The van der Waals surface area contributed by atoms with E-state index in [0.29, 0.717) is 0 Å². The molecule has 0 amide bonds. The molecule has 0 saturated carbocycles. The highest BCUT2D eigenvalue weighted by Gasteiger charge is 2.20. The van der Waals surface area contributed by atoms with Crippen molar-refractivity contribution in [3.63, 3.8) is 0 Å². The first-order chi connectivity index (χ1) is 7.99. The van der Waals surface area contributed by atoms with Crippen molar-refractivity contribution in [3.8, 4) is 11.8 Å². The highest BCUT2D eigenvalue weighted by molar-refractivity contribution is 5.73. The summed E-state index contributed by atoms with van der Waals surface area (Å²) in [7, 11) is 1.11. The molecule has 7 heteroatoms. The fraction of sp³-hybridized carbons (Fsp3) is 0.300. The lowest BCUT2D eigenvalue weighted by Crippen LogP contribution is -2.08. The average molecular weight is 242 g/mol. The molecule has 0 bridgehead atoms. The van der Waals surface area contributed by atoms with Crippen LogP contribution in [0.5, 0.6) is 5.75 Å². The molecule has 0 unspecified atom stereocenters. The van der Waals surface area contributed by atoms with Crippen LogP contribution in [-0.2, 0) is 16.0 Å². The third-order valence-electron chi connectivity index (χ3n) is 1.98. The summed E-state index contributed by atoms with van der Waals surface area (Å²) < 4.78 is 29.4. The molecule has 0 fully saturated rings. The molecule has 1 N–H and O–H groups in total. The molecule has 90 valence electrons. The minimum atomic E-state index is -2.96. The summed E-state index contributed by atoms with van der Waals surface area (Å²) in [5.41, 5.74) is -1.32. The maximum atomic E-state index is 12.5. The van der Waals surface area contributed by atoms with E-state index in [4.69, 9.17) is 5.26 Å². The fourth-order valence-corrected chi connectivity index (χ4v) is 1.17. The van der Waals surface area contributed by atoms with Crippen molar-refractivity contribution in [2.75, 3.05) is 7.11 Å². The molecule has 0 aliphatic heterocycles. The van der Waals surface area contributed by atoms with E-state index in [1.165, 1.54) is 0 Å². The van der Waals surface area contributed by atoms with Gasteiger partial charge in [0, 0.05) is 0 Å². The number of halogens is 2. The maximum Gasteiger partial charge on any atom is 0.311 e. The van der Waals surface area contributed by atoms with Crippen LogP contribution in [-0.4, -0.2) is 23.2 Å². The largest absolute Gasteiger partial charge is 0.506 e. The van der Waals surface area contributed by atoms with Crippen LogP contribution >= 0.6 is 0 Å². The predicted octanol–water partition coefficient (Wildman–Crippen LogP) is 1.31. The SMILES string of the molecule is COC(=O)Cc1nc(C#N)cc(C(F)F)c1O. The Balaban J connectivity index is 3.25. The molecule has 0 spiro atoms. The van der Waals surface area contributed by atoms with E-state index in [0.717, 1.165) is 13.2 Å². The van der Waals surface area contributed by atoms with Gasteiger partial charge in [0.25, 0.3) is 6.43 Å². The minimum Gasteiger partial charge on any atom is -0.506 e. The van der Waals surface area contributed by atoms with Gasteiger partial charge in [0.15, 0.2) is 0 Å². The summed E-state index contributed by atoms with van der Waals surface area (Å²) in [6.45, 7) is 0. The van der Waals surface area contributed by atoms with E-state index in [1.807, 2.05) is 0 Å². The van der Waals surface area contributed by atoms with Crippen LogP contribution < -0.4 is 0 Å². The summed E-state index contributed by atoms with van der Waals surface area (Å²) in [6, 6.07) is 2.35. The number of carbonyl (C=O) groups excluding carboxylic acids is 1. The monoisotopic (exact) mass is 242 g/mol. The van der Waals surface area contributed by atoms with Crippen LogP contribution in [0.1, 0.15) is 23.4 Å². The molecule has 1 rings (SSSR count). The molecule has 0 atom stereocenters. The second kappa shape index (κ2) is 5.21. The van der Waals surface area contributed by atoms with Crippen LogP contribution in [0.15, 0.2) is 6.07 Å². The Bertz CT molecular complexity index is 483. The molecule has 1 aromatic rings. The number of hydrogen-bond donors (Lipinski definition) is 1. The van der Waals surface area contributed by atoms with E-state index in [2.05, 4.69) is 9.72 Å². The van der Waals surface area contributed by atoms with Gasteiger partial charge < -0.3 is 9.84 Å². The smallest absolute Gasteiger partial charge is 0.311 e. The van der Waals surface area contributed by atoms with Gasteiger partial charge in [-0.3, -0.25) is 4.79 Å². The molecule has 1 aromatic heterocycles. The highest BCUT2D eigenvalue weighted by Crippen LogP contribution is 2.31. The zero-order chi connectivity index (χ0) is 13.0. The third-order valence-corrected chi connectivity index (χ3v) is 1.98. The summed E-state index contributed by atoms with van der Waals surface area (Å²) in [4.78, 5) is 14.5. The van der Waals surface area contributed by atoms with Gasteiger partial charge in [-0.05, 0) is 6.07 Å². The number of nitrogens with zero attached hydrogens (tertiary/aromatic N) is 2. The standard InChI is InChI=1S/C10H8F2N2O3/c1-17-8(15)3-7-9(16)6(10(11)12)2-5(4-13)14-7/h2,10,16H,3H2,1H3. The fourth-order valence-electron chi connectivity index (χ4n) is 1.17. The van der Waals surface area contributed by atoms with Gasteiger partial charge in [-0.1, -0.05) is 0 Å². The van der Waals surface area contributed by atoms with Crippen molar-refractivity contribution < 1.29 is 23.4 Å². The van der Waals surface area contributed by atoms with Crippen LogP contribution in [0.2, 0.25) is 0 Å². The average Bonchev–Trinajstić information content (AvgIpc) is 2.31. The molecule has 0 saturated heterocycles. The summed E-state index contributed by atoms with van der Waals surface area (Å²) in [5.74, 6) is -1.53. The van der Waals surface area contributed by atoms with Gasteiger partial charge in [-0.15, -0.1) is 0 Å². The Hall–Kier alpha value is -2.23. The van der Waals surface area contributed by atoms with Crippen LogP contribution in [0, 0.1) is 11.3 Å². The summed E-state index contributed by atoms with van der Waals surface area (Å²) >= 11 is 0.